The van der Waals surface area contributed by atoms with Gasteiger partial charge in [0.1, 0.15) is 0 Å². The first-order chi connectivity index (χ1) is 8.31. The summed E-state index contributed by atoms with van der Waals surface area (Å²) in [6, 6.07) is 0.197. The molecule has 3 unspecified atom stereocenters. The molecule has 17 heavy (non-hydrogen) atoms. The summed E-state index contributed by atoms with van der Waals surface area (Å²) in [6.07, 6.45) is 6.51. The van der Waals surface area contributed by atoms with Gasteiger partial charge in [-0.2, -0.15) is 0 Å². The average molecular weight is 240 g/mol. The molecule has 4 heteroatoms. The van der Waals surface area contributed by atoms with Crippen LogP contribution in [0.1, 0.15) is 38.5 Å². The Morgan fingerprint density at radius 2 is 2.06 bits per heavy atom. The molecule has 2 fully saturated rings. The summed E-state index contributed by atoms with van der Waals surface area (Å²) < 4.78 is 0. The first kappa shape index (κ1) is 12.8. The number of carbonyl (C=O) groups is 1. The second kappa shape index (κ2) is 6.36. The van der Waals surface area contributed by atoms with E-state index in [1.54, 1.807) is 0 Å². The molecule has 2 rings (SSSR count). The van der Waals surface area contributed by atoms with Crippen LogP contribution in [-0.2, 0) is 4.79 Å². The highest BCUT2D eigenvalue weighted by molar-refractivity contribution is 5.79. The molecule has 0 aromatic carbocycles. The molecule has 0 bridgehead atoms. The van der Waals surface area contributed by atoms with Crippen LogP contribution >= 0.6 is 0 Å². The summed E-state index contributed by atoms with van der Waals surface area (Å²) in [5.74, 6) is 0.580. The van der Waals surface area contributed by atoms with Gasteiger partial charge in [-0.25, -0.2) is 0 Å². The van der Waals surface area contributed by atoms with Crippen LogP contribution in [0, 0.1) is 11.8 Å². The maximum absolute atomic E-state index is 12.1. The van der Waals surface area contributed by atoms with Gasteiger partial charge >= 0.3 is 0 Å². The van der Waals surface area contributed by atoms with Gasteiger partial charge in [-0.3, -0.25) is 4.79 Å². The summed E-state index contributed by atoms with van der Waals surface area (Å²) in [5.41, 5.74) is 0. The highest BCUT2D eigenvalue weighted by atomic mass is 16.3. The van der Waals surface area contributed by atoms with Crippen LogP contribution in [0.5, 0.6) is 0 Å². The van der Waals surface area contributed by atoms with Crippen molar-refractivity contribution < 1.29 is 9.90 Å². The first-order valence-corrected chi connectivity index (χ1v) is 6.93. The number of aliphatic hydroxyl groups is 1. The number of nitrogens with one attached hydrogen (secondary N) is 2. The molecule has 1 aliphatic heterocycles. The molecule has 0 radical (unpaired) electrons. The number of aliphatic hydroxyl groups excluding tert-OH is 1. The lowest BCUT2D eigenvalue weighted by atomic mass is 9.84. The Kier molecular flexibility index (Phi) is 4.80. The largest absolute Gasteiger partial charge is 0.396 e. The Labute approximate surface area is 103 Å². The van der Waals surface area contributed by atoms with Gasteiger partial charge in [0.05, 0.1) is 5.92 Å². The molecule has 0 spiro atoms. The molecule has 2 aliphatic rings. The Morgan fingerprint density at radius 3 is 2.76 bits per heavy atom. The number of hydrogen-bond acceptors (Lipinski definition) is 3. The predicted molar refractivity (Wildman–Crippen MR) is 66.6 cm³/mol. The number of rotatable bonds is 3. The second-order valence-electron chi connectivity index (χ2n) is 5.39. The topological polar surface area (TPSA) is 61.4 Å². The van der Waals surface area contributed by atoms with Crippen LogP contribution in [0.4, 0.5) is 0 Å². The van der Waals surface area contributed by atoms with E-state index in [9.17, 15) is 9.90 Å². The van der Waals surface area contributed by atoms with Crippen LogP contribution in [0.15, 0.2) is 0 Å². The van der Waals surface area contributed by atoms with E-state index in [0.29, 0.717) is 0 Å². The molecule has 98 valence electrons. The maximum Gasteiger partial charge on any atom is 0.224 e. The molecule has 4 nitrogen and oxygen atoms in total. The van der Waals surface area contributed by atoms with E-state index >= 15 is 0 Å². The number of amides is 1. The Bertz CT molecular complexity index is 252. The van der Waals surface area contributed by atoms with Gasteiger partial charge in [0.15, 0.2) is 0 Å². The van der Waals surface area contributed by atoms with Gasteiger partial charge in [0, 0.05) is 25.1 Å². The Morgan fingerprint density at radius 1 is 1.24 bits per heavy atom. The summed E-state index contributed by atoms with van der Waals surface area (Å²) in [6.45, 7) is 2.04. The molecule has 1 aliphatic carbocycles. The van der Waals surface area contributed by atoms with Gasteiger partial charge < -0.3 is 15.7 Å². The standard InChI is InChI=1S/C13H24N2O2/c16-9-11-4-1-2-6-12(11)15-13(17)10-5-3-7-14-8-10/h10-12,14,16H,1-9H2,(H,15,17). The lowest BCUT2D eigenvalue weighted by molar-refractivity contribution is -0.127. The lowest BCUT2D eigenvalue weighted by Crippen LogP contribution is -2.48. The van der Waals surface area contributed by atoms with Crippen LogP contribution in [0.25, 0.3) is 0 Å². The van der Waals surface area contributed by atoms with Crippen molar-refractivity contribution in [3.63, 3.8) is 0 Å². The third-order valence-corrected chi connectivity index (χ3v) is 4.14. The van der Waals surface area contributed by atoms with Crippen molar-refractivity contribution in [3.05, 3.63) is 0 Å². The SMILES string of the molecule is O=C(NC1CCCCC1CO)C1CCCNC1. The van der Waals surface area contributed by atoms with Crippen molar-refractivity contribution in [2.24, 2.45) is 11.8 Å². The van der Waals surface area contributed by atoms with Crippen molar-refractivity contribution in [1.82, 2.24) is 10.6 Å². The van der Waals surface area contributed by atoms with Crippen LogP contribution in [0.3, 0.4) is 0 Å². The fraction of sp³-hybridized carbons (Fsp3) is 0.923. The Hall–Kier alpha value is -0.610. The molecule has 1 saturated carbocycles. The van der Waals surface area contributed by atoms with Crippen LogP contribution in [0.2, 0.25) is 0 Å². The molecule has 0 aromatic rings. The number of piperidine rings is 1. The van der Waals surface area contributed by atoms with E-state index in [-0.39, 0.29) is 30.4 Å². The smallest absolute Gasteiger partial charge is 0.224 e. The average Bonchev–Trinajstić information content (AvgIpc) is 2.40. The highest BCUT2D eigenvalue weighted by Crippen LogP contribution is 2.24. The normalized spacial score (nSPS) is 34.3. The summed E-state index contributed by atoms with van der Waals surface area (Å²) >= 11 is 0. The predicted octanol–water partition coefficient (Wildman–Crippen LogP) is 0.653. The second-order valence-corrected chi connectivity index (χ2v) is 5.39. The van der Waals surface area contributed by atoms with Crippen molar-refractivity contribution in [3.8, 4) is 0 Å². The van der Waals surface area contributed by atoms with Gasteiger partial charge in [0.2, 0.25) is 5.91 Å². The van der Waals surface area contributed by atoms with E-state index in [1.807, 2.05) is 0 Å². The van der Waals surface area contributed by atoms with E-state index in [0.717, 1.165) is 38.8 Å². The lowest BCUT2D eigenvalue weighted by Gasteiger charge is -2.32. The zero-order chi connectivity index (χ0) is 12.1. The minimum Gasteiger partial charge on any atom is -0.396 e. The van der Waals surface area contributed by atoms with Gasteiger partial charge in [0.25, 0.3) is 0 Å². The van der Waals surface area contributed by atoms with Gasteiger partial charge in [-0.1, -0.05) is 12.8 Å². The molecular formula is C13H24N2O2. The third kappa shape index (κ3) is 3.42. The van der Waals surface area contributed by atoms with Crippen LogP contribution < -0.4 is 10.6 Å². The van der Waals surface area contributed by atoms with Crippen molar-refractivity contribution in [2.75, 3.05) is 19.7 Å². The monoisotopic (exact) mass is 240 g/mol. The first-order valence-electron chi connectivity index (χ1n) is 6.93. The van der Waals surface area contributed by atoms with Crippen molar-refractivity contribution in [1.29, 1.82) is 0 Å². The molecule has 1 saturated heterocycles. The summed E-state index contributed by atoms with van der Waals surface area (Å²) in [5, 5.41) is 15.7. The fourth-order valence-electron chi connectivity index (χ4n) is 2.99. The molecule has 3 N–H and O–H groups in total. The summed E-state index contributed by atoms with van der Waals surface area (Å²) in [4.78, 5) is 12.1. The van der Waals surface area contributed by atoms with E-state index in [4.69, 9.17) is 0 Å². The highest BCUT2D eigenvalue weighted by Gasteiger charge is 2.28. The van der Waals surface area contributed by atoms with E-state index in [2.05, 4.69) is 10.6 Å². The Balaban J connectivity index is 1.83. The van der Waals surface area contributed by atoms with Gasteiger partial charge in [-0.05, 0) is 32.2 Å². The number of carbonyl (C=O) groups excluding carboxylic acids is 1. The summed E-state index contributed by atoms with van der Waals surface area (Å²) in [7, 11) is 0. The van der Waals surface area contributed by atoms with Crippen LogP contribution in [-0.4, -0.2) is 36.8 Å². The van der Waals surface area contributed by atoms with Crippen molar-refractivity contribution in [2.45, 2.75) is 44.6 Å². The quantitative estimate of drug-likeness (QED) is 0.679. The zero-order valence-electron chi connectivity index (χ0n) is 10.5. The molecular weight excluding hydrogens is 216 g/mol. The fourth-order valence-corrected chi connectivity index (χ4v) is 2.99. The number of hydrogen-bond donors (Lipinski definition) is 3. The van der Waals surface area contributed by atoms with Crippen molar-refractivity contribution >= 4 is 5.91 Å². The molecule has 3 atom stereocenters. The van der Waals surface area contributed by atoms with E-state index < -0.39 is 0 Å². The third-order valence-electron chi connectivity index (χ3n) is 4.14. The molecule has 1 heterocycles. The zero-order valence-corrected chi connectivity index (χ0v) is 10.5. The van der Waals surface area contributed by atoms with Gasteiger partial charge in [-0.15, -0.1) is 0 Å². The maximum atomic E-state index is 12.1. The molecule has 1 amide bonds. The minimum absolute atomic E-state index is 0.130. The minimum atomic E-state index is 0.130. The van der Waals surface area contributed by atoms with E-state index in [1.165, 1.54) is 12.8 Å². The molecule has 0 aromatic heterocycles.